The molecule has 0 radical (unpaired) electrons. The SMILES string of the molecule is CNS(=O)(=O)CC(=O)N1CCN(c2cccc(Cl)c2)CC1C. The molecule has 8 heteroatoms. The third kappa shape index (κ3) is 4.12. The standard InChI is InChI=1S/C14H20ClN3O3S/c1-11-9-17(13-5-3-4-12(15)8-13)6-7-18(11)14(19)10-22(20,21)16-2/h3-5,8,11,16H,6-7,9-10H2,1-2H3. The highest BCUT2D eigenvalue weighted by Gasteiger charge is 2.29. The molecule has 2 rings (SSSR count). The topological polar surface area (TPSA) is 69.7 Å². The van der Waals surface area contributed by atoms with E-state index in [-0.39, 0.29) is 11.9 Å². The average molecular weight is 346 g/mol. The van der Waals surface area contributed by atoms with Crippen molar-refractivity contribution in [3.8, 4) is 0 Å². The minimum Gasteiger partial charge on any atom is -0.368 e. The molecule has 22 heavy (non-hydrogen) atoms. The normalized spacial score (nSPS) is 19.3. The molecule has 1 atom stereocenters. The van der Waals surface area contributed by atoms with Gasteiger partial charge in [0, 0.05) is 36.4 Å². The van der Waals surface area contributed by atoms with Gasteiger partial charge < -0.3 is 9.80 Å². The zero-order chi connectivity index (χ0) is 16.3. The lowest BCUT2D eigenvalue weighted by molar-refractivity contribution is -0.130. The number of anilines is 1. The summed E-state index contributed by atoms with van der Waals surface area (Å²) in [6, 6.07) is 7.50. The van der Waals surface area contributed by atoms with Crippen LogP contribution in [0.2, 0.25) is 5.02 Å². The fourth-order valence-electron chi connectivity index (χ4n) is 2.55. The van der Waals surface area contributed by atoms with Crippen LogP contribution in [-0.4, -0.2) is 57.7 Å². The summed E-state index contributed by atoms with van der Waals surface area (Å²) in [5.74, 6) is -0.877. The average Bonchev–Trinajstić information content (AvgIpc) is 2.46. The van der Waals surface area contributed by atoms with E-state index >= 15 is 0 Å². The molecule has 0 aromatic heterocycles. The van der Waals surface area contributed by atoms with Crippen LogP contribution in [0.1, 0.15) is 6.92 Å². The van der Waals surface area contributed by atoms with Crippen LogP contribution in [0.25, 0.3) is 0 Å². The zero-order valence-electron chi connectivity index (χ0n) is 12.6. The molecule has 1 unspecified atom stereocenters. The Morgan fingerprint density at radius 2 is 2.14 bits per heavy atom. The second kappa shape index (κ2) is 6.85. The molecule has 1 aliphatic rings. The van der Waals surface area contributed by atoms with Crippen molar-refractivity contribution in [3.05, 3.63) is 29.3 Å². The highest BCUT2D eigenvalue weighted by atomic mass is 35.5. The van der Waals surface area contributed by atoms with Gasteiger partial charge in [0.25, 0.3) is 0 Å². The van der Waals surface area contributed by atoms with Crippen LogP contribution in [-0.2, 0) is 14.8 Å². The molecule has 1 aromatic carbocycles. The number of nitrogens with one attached hydrogen (secondary N) is 1. The van der Waals surface area contributed by atoms with Gasteiger partial charge in [-0.25, -0.2) is 13.1 Å². The van der Waals surface area contributed by atoms with Gasteiger partial charge in [-0.2, -0.15) is 0 Å². The summed E-state index contributed by atoms with van der Waals surface area (Å²) in [6.07, 6.45) is 0. The van der Waals surface area contributed by atoms with Crippen LogP contribution in [0.4, 0.5) is 5.69 Å². The Bertz CT molecular complexity index is 650. The molecule has 1 aliphatic heterocycles. The lowest BCUT2D eigenvalue weighted by Gasteiger charge is -2.41. The second-order valence-electron chi connectivity index (χ2n) is 5.33. The molecule has 1 saturated heterocycles. The largest absolute Gasteiger partial charge is 0.368 e. The maximum absolute atomic E-state index is 12.1. The molecule has 6 nitrogen and oxygen atoms in total. The van der Waals surface area contributed by atoms with Gasteiger partial charge in [0.05, 0.1) is 0 Å². The van der Waals surface area contributed by atoms with Gasteiger partial charge in [-0.15, -0.1) is 0 Å². The number of rotatable bonds is 4. The maximum Gasteiger partial charge on any atom is 0.239 e. The minimum absolute atomic E-state index is 0.0627. The highest BCUT2D eigenvalue weighted by molar-refractivity contribution is 7.90. The van der Waals surface area contributed by atoms with E-state index < -0.39 is 15.8 Å². The number of benzene rings is 1. The number of hydrogen-bond acceptors (Lipinski definition) is 4. The van der Waals surface area contributed by atoms with Gasteiger partial charge in [0.15, 0.2) is 0 Å². The first-order chi connectivity index (χ1) is 10.3. The smallest absolute Gasteiger partial charge is 0.239 e. The highest BCUT2D eigenvalue weighted by Crippen LogP contribution is 2.22. The second-order valence-corrected chi connectivity index (χ2v) is 7.69. The zero-order valence-corrected chi connectivity index (χ0v) is 14.2. The van der Waals surface area contributed by atoms with E-state index in [4.69, 9.17) is 11.6 Å². The maximum atomic E-state index is 12.1. The number of carbonyl (C=O) groups is 1. The first-order valence-electron chi connectivity index (χ1n) is 7.03. The summed E-state index contributed by atoms with van der Waals surface area (Å²) in [5.41, 5.74) is 1.01. The first kappa shape index (κ1) is 17.1. The van der Waals surface area contributed by atoms with Gasteiger partial charge in [-0.05, 0) is 32.2 Å². The number of hydrogen-bond donors (Lipinski definition) is 1. The van der Waals surface area contributed by atoms with Crippen LogP contribution in [0.3, 0.4) is 0 Å². The van der Waals surface area contributed by atoms with Gasteiger partial charge in [-0.1, -0.05) is 17.7 Å². The summed E-state index contributed by atoms with van der Waals surface area (Å²) < 4.78 is 25.2. The van der Waals surface area contributed by atoms with E-state index in [1.165, 1.54) is 7.05 Å². The molecule has 1 heterocycles. The van der Waals surface area contributed by atoms with Gasteiger partial charge in [0.1, 0.15) is 5.75 Å². The Balaban J connectivity index is 2.02. The first-order valence-corrected chi connectivity index (χ1v) is 9.06. The molecular weight excluding hydrogens is 326 g/mol. The fourth-order valence-corrected chi connectivity index (χ4v) is 3.37. The van der Waals surface area contributed by atoms with Crippen molar-refractivity contribution < 1.29 is 13.2 Å². The van der Waals surface area contributed by atoms with Crippen LogP contribution < -0.4 is 9.62 Å². The molecular formula is C14H20ClN3O3S. The number of nitrogens with zero attached hydrogens (tertiary/aromatic N) is 2. The summed E-state index contributed by atoms with van der Waals surface area (Å²) in [5, 5.41) is 0.670. The van der Waals surface area contributed by atoms with Crippen LogP contribution >= 0.6 is 11.6 Å². The Hall–Kier alpha value is -1.31. The molecule has 1 N–H and O–H groups in total. The lowest BCUT2D eigenvalue weighted by Crippen LogP contribution is -2.55. The lowest BCUT2D eigenvalue weighted by atomic mass is 10.1. The summed E-state index contributed by atoms with van der Waals surface area (Å²) >= 11 is 6.00. The van der Waals surface area contributed by atoms with E-state index in [2.05, 4.69) is 9.62 Å². The number of piperazine rings is 1. The molecule has 1 aromatic rings. The number of amides is 1. The molecule has 1 amide bonds. The van der Waals surface area contributed by atoms with Gasteiger partial charge >= 0.3 is 0 Å². The fraction of sp³-hybridized carbons (Fsp3) is 0.500. The monoisotopic (exact) mass is 345 g/mol. The third-order valence-electron chi connectivity index (χ3n) is 3.75. The molecule has 0 bridgehead atoms. The van der Waals surface area contributed by atoms with E-state index in [1.807, 2.05) is 31.2 Å². The molecule has 0 aliphatic carbocycles. The van der Waals surface area contributed by atoms with Crippen LogP contribution in [0.5, 0.6) is 0 Å². The molecule has 0 saturated carbocycles. The Morgan fingerprint density at radius 1 is 1.41 bits per heavy atom. The predicted molar refractivity (Wildman–Crippen MR) is 87.7 cm³/mol. The van der Waals surface area contributed by atoms with Crippen molar-refractivity contribution >= 4 is 33.2 Å². The van der Waals surface area contributed by atoms with Crippen molar-refractivity contribution in [2.45, 2.75) is 13.0 Å². The third-order valence-corrected chi connectivity index (χ3v) is 5.23. The molecule has 1 fully saturated rings. The van der Waals surface area contributed by atoms with Gasteiger partial charge in [0.2, 0.25) is 15.9 Å². The molecule has 122 valence electrons. The number of halogens is 1. The van der Waals surface area contributed by atoms with E-state index in [0.29, 0.717) is 24.7 Å². The Morgan fingerprint density at radius 3 is 2.73 bits per heavy atom. The van der Waals surface area contributed by atoms with E-state index in [9.17, 15) is 13.2 Å². The van der Waals surface area contributed by atoms with E-state index in [0.717, 1.165) is 5.69 Å². The van der Waals surface area contributed by atoms with Crippen molar-refractivity contribution in [3.63, 3.8) is 0 Å². The summed E-state index contributed by atoms with van der Waals surface area (Å²) in [7, 11) is -2.23. The van der Waals surface area contributed by atoms with Crippen LogP contribution in [0, 0.1) is 0 Å². The Labute approximate surface area is 136 Å². The quantitative estimate of drug-likeness (QED) is 0.881. The minimum atomic E-state index is -3.54. The van der Waals surface area contributed by atoms with Crippen LogP contribution in [0.15, 0.2) is 24.3 Å². The van der Waals surface area contributed by atoms with Crippen molar-refractivity contribution in [2.24, 2.45) is 0 Å². The Kier molecular flexibility index (Phi) is 5.31. The predicted octanol–water partition coefficient (Wildman–Crippen LogP) is 0.926. The summed E-state index contributed by atoms with van der Waals surface area (Å²) in [4.78, 5) is 15.9. The number of sulfonamides is 1. The summed E-state index contributed by atoms with van der Waals surface area (Å²) in [6.45, 7) is 3.70. The van der Waals surface area contributed by atoms with E-state index in [1.54, 1.807) is 4.90 Å². The van der Waals surface area contributed by atoms with Crippen molar-refractivity contribution in [1.29, 1.82) is 0 Å². The number of carbonyl (C=O) groups excluding carboxylic acids is 1. The molecule has 0 spiro atoms. The van der Waals surface area contributed by atoms with Crippen molar-refractivity contribution in [1.82, 2.24) is 9.62 Å². The van der Waals surface area contributed by atoms with Crippen molar-refractivity contribution in [2.75, 3.05) is 37.3 Å². The van der Waals surface area contributed by atoms with Gasteiger partial charge in [-0.3, -0.25) is 4.79 Å².